The lowest BCUT2D eigenvalue weighted by molar-refractivity contribution is 0.404. The molecule has 1 aromatic heterocycles. The number of aromatic nitrogens is 1. The zero-order chi connectivity index (χ0) is 11.5. The van der Waals surface area contributed by atoms with Crippen molar-refractivity contribution in [2.75, 3.05) is 5.32 Å². The number of nitrogens with zero attached hydrogens (tertiary/aromatic N) is 2. The molecule has 0 amide bonds. The summed E-state index contributed by atoms with van der Waals surface area (Å²) in [4.78, 5) is 4.56. The lowest BCUT2D eigenvalue weighted by atomic mass is 9.91. The molecule has 0 spiro atoms. The first-order valence-corrected chi connectivity index (χ1v) is 6.48. The summed E-state index contributed by atoms with van der Waals surface area (Å²) >= 11 is 7.09. The molecule has 0 aliphatic heterocycles. The van der Waals surface area contributed by atoms with E-state index < -0.39 is 0 Å². The number of nitriles is 1. The summed E-state index contributed by atoms with van der Waals surface area (Å²) in [6.45, 7) is 0. The quantitative estimate of drug-likeness (QED) is 0.852. The summed E-state index contributed by atoms with van der Waals surface area (Å²) in [6, 6.07) is 2.44. The van der Waals surface area contributed by atoms with Gasteiger partial charge in [-0.3, -0.25) is 0 Å². The average molecular weight is 257 g/mol. The summed E-state index contributed by atoms with van der Waals surface area (Å²) in [6.07, 6.45) is 4.49. The highest BCUT2D eigenvalue weighted by Gasteiger charge is 2.22. The summed E-state index contributed by atoms with van der Waals surface area (Å²) < 4.78 is 0. The smallest absolute Gasteiger partial charge is 0.185 e. The van der Waals surface area contributed by atoms with Crippen LogP contribution in [0, 0.1) is 11.3 Å². The van der Waals surface area contributed by atoms with Crippen LogP contribution >= 0.6 is 22.9 Å². The van der Waals surface area contributed by atoms with Crippen molar-refractivity contribution in [1.29, 1.82) is 5.26 Å². The van der Waals surface area contributed by atoms with Crippen LogP contribution in [0.1, 0.15) is 30.6 Å². The molecule has 86 valence electrons. The van der Waals surface area contributed by atoms with Gasteiger partial charge >= 0.3 is 0 Å². The van der Waals surface area contributed by atoms with Crippen LogP contribution in [0.25, 0.3) is 0 Å². The molecule has 1 aromatic rings. The van der Waals surface area contributed by atoms with Gasteiger partial charge in [-0.1, -0.05) is 35.8 Å². The summed E-state index contributed by atoms with van der Waals surface area (Å²) in [7, 11) is 0. The van der Waals surface area contributed by atoms with E-state index in [0.29, 0.717) is 10.0 Å². The van der Waals surface area contributed by atoms with Gasteiger partial charge < -0.3 is 11.1 Å². The standard InChI is InChI=1S/C10H13ClN4S/c11-9-8(5-12)16-10(15-9)14-7-4-2-1-3-6(7)13/h6-7H,1-4,13H2,(H,14,15)/t6-,7-/m1/s1. The van der Waals surface area contributed by atoms with Crippen molar-refractivity contribution in [2.24, 2.45) is 5.73 Å². The SMILES string of the molecule is N#Cc1sc(N[C@@H]2CCCC[C@H]2N)nc1Cl. The third-order valence-corrected chi connectivity index (χ3v) is 4.09. The highest BCUT2D eigenvalue weighted by molar-refractivity contribution is 7.16. The van der Waals surface area contributed by atoms with Crippen LogP contribution in [0.4, 0.5) is 5.13 Å². The number of nitrogens with two attached hydrogens (primary N) is 1. The predicted octanol–water partition coefficient (Wildman–Crippen LogP) is 2.35. The Morgan fingerprint density at radius 3 is 2.88 bits per heavy atom. The Kier molecular flexibility index (Phi) is 3.64. The zero-order valence-electron chi connectivity index (χ0n) is 8.74. The summed E-state index contributed by atoms with van der Waals surface area (Å²) in [5.74, 6) is 0. The molecule has 2 atom stereocenters. The van der Waals surface area contributed by atoms with Crippen molar-refractivity contribution in [3.8, 4) is 6.07 Å². The number of hydrogen-bond acceptors (Lipinski definition) is 5. The van der Waals surface area contributed by atoms with E-state index >= 15 is 0 Å². The highest BCUT2D eigenvalue weighted by Crippen LogP contribution is 2.28. The van der Waals surface area contributed by atoms with Crippen LogP contribution in [0.2, 0.25) is 5.15 Å². The third-order valence-electron chi connectivity index (χ3n) is 2.82. The lowest BCUT2D eigenvalue weighted by Gasteiger charge is -2.28. The second kappa shape index (κ2) is 5.00. The number of rotatable bonds is 2. The van der Waals surface area contributed by atoms with Gasteiger partial charge in [0.25, 0.3) is 0 Å². The van der Waals surface area contributed by atoms with Crippen molar-refractivity contribution in [1.82, 2.24) is 4.98 Å². The molecule has 2 rings (SSSR count). The Balaban J connectivity index is 2.05. The van der Waals surface area contributed by atoms with Crippen LogP contribution in [-0.4, -0.2) is 17.1 Å². The van der Waals surface area contributed by atoms with Gasteiger partial charge in [-0.05, 0) is 12.8 Å². The molecule has 0 aromatic carbocycles. The van der Waals surface area contributed by atoms with E-state index in [0.717, 1.165) is 12.8 Å². The van der Waals surface area contributed by atoms with Crippen molar-refractivity contribution in [3.63, 3.8) is 0 Å². The second-order valence-corrected chi connectivity index (χ2v) is 5.31. The Morgan fingerprint density at radius 2 is 2.25 bits per heavy atom. The largest absolute Gasteiger partial charge is 0.357 e. The van der Waals surface area contributed by atoms with Gasteiger partial charge in [-0.2, -0.15) is 5.26 Å². The van der Waals surface area contributed by atoms with Crippen LogP contribution in [0.5, 0.6) is 0 Å². The fourth-order valence-electron chi connectivity index (χ4n) is 1.93. The maximum absolute atomic E-state index is 8.77. The van der Waals surface area contributed by atoms with E-state index in [9.17, 15) is 0 Å². The van der Waals surface area contributed by atoms with Crippen LogP contribution < -0.4 is 11.1 Å². The molecule has 0 radical (unpaired) electrons. The van der Waals surface area contributed by atoms with Gasteiger partial charge in [0, 0.05) is 12.1 Å². The van der Waals surface area contributed by atoms with Gasteiger partial charge in [-0.25, -0.2) is 4.98 Å². The van der Waals surface area contributed by atoms with Crippen LogP contribution in [0.15, 0.2) is 0 Å². The molecule has 1 fully saturated rings. The first-order chi connectivity index (χ1) is 7.70. The molecule has 4 nitrogen and oxygen atoms in total. The molecular weight excluding hydrogens is 244 g/mol. The number of anilines is 1. The molecule has 1 aliphatic rings. The molecule has 1 heterocycles. The summed E-state index contributed by atoms with van der Waals surface area (Å²) in [5, 5.41) is 13.0. The molecule has 0 bridgehead atoms. The maximum atomic E-state index is 8.77. The van der Waals surface area contributed by atoms with E-state index in [1.165, 1.54) is 24.2 Å². The Hall–Kier alpha value is -0.830. The summed E-state index contributed by atoms with van der Waals surface area (Å²) in [5.41, 5.74) is 6.02. The van der Waals surface area contributed by atoms with E-state index in [4.69, 9.17) is 22.6 Å². The molecule has 6 heteroatoms. The first-order valence-electron chi connectivity index (χ1n) is 5.29. The van der Waals surface area contributed by atoms with Gasteiger partial charge in [0.2, 0.25) is 0 Å². The molecule has 1 aliphatic carbocycles. The molecule has 1 saturated carbocycles. The molecule has 0 unspecified atom stereocenters. The number of hydrogen-bond donors (Lipinski definition) is 2. The minimum atomic E-state index is 0.168. The van der Waals surface area contributed by atoms with E-state index in [2.05, 4.69) is 10.3 Å². The average Bonchev–Trinajstić information content (AvgIpc) is 2.62. The highest BCUT2D eigenvalue weighted by atomic mass is 35.5. The fourth-order valence-corrected chi connectivity index (χ4v) is 2.94. The maximum Gasteiger partial charge on any atom is 0.185 e. The lowest BCUT2D eigenvalue weighted by Crippen LogP contribution is -2.42. The zero-order valence-corrected chi connectivity index (χ0v) is 10.3. The first kappa shape index (κ1) is 11.6. The van der Waals surface area contributed by atoms with Gasteiger partial charge in [0.1, 0.15) is 10.9 Å². The van der Waals surface area contributed by atoms with Crippen molar-refractivity contribution < 1.29 is 0 Å². The van der Waals surface area contributed by atoms with Crippen molar-refractivity contribution in [2.45, 2.75) is 37.8 Å². The monoisotopic (exact) mass is 256 g/mol. The Labute approximate surface area is 103 Å². The number of halogens is 1. The topological polar surface area (TPSA) is 74.7 Å². The predicted molar refractivity (Wildman–Crippen MR) is 65.7 cm³/mol. The van der Waals surface area contributed by atoms with Crippen molar-refractivity contribution >= 4 is 28.1 Å². The van der Waals surface area contributed by atoms with Crippen LogP contribution in [-0.2, 0) is 0 Å². The Bertz CT molecular complexity index is 411. The van der Waals surface area contributed by atoms with E-state index in [1.807, 2.05) is 6.07 Å². The van der Waals surface area contributed by atoms with E-state index in [-0.39, 0.29) is 17.2 Å². The third kappa shape index (κ3) is 2.46. The van der Waals surface area contributed by atoms with Gasteiger partial charge in [0.15, 0.2) is 10.3 Å². The Morgan fingerprint density at radius 1 is 1.50 bits per heavy atom. The fraction of sp³-hybridized carbons (Fsp3) is 0.600. The minimum Gasteiger partial charge on any atom is -0.357 e. The molecular formula is C10H13ClN4S. The van der Waals surface area contributed by atoms with Gasteiger partial charge in [-0.15, -0.1) is 0 Å². The number of nitrogens with one attached hydrogen (secondary N) is 1. The second-order valence-electron chi connectivity index (χ2n) is 3.95. The van der Waals surface area contributed by atoms with Crippen molar-refractivity contribution in [3.05, 3.63) is 10.0 Å². The van der Waals surface area contributed by atoms with Gasteiger partial charge in [0.05, 0.1) is 0 Å². The van der Waals surface area contributed by atoms with Crippen LogP contribution in [0.3, 0.4) is 0 Å². The number of thiazole rings is 1. The molecule has 3 N–H and O–H groups in total. The van der Waals surface area contributed by atoms with E-state index in [1.54, 1.807) is 0 Å². The minimum absolute atomic E-state index is 0.168. The molecule has 16 heavy (non-hydrogen) atoms. The molecule has 0 saturated heterocycles. The normalized spacial score (nSPS) is 25.1.